The number of aliphatic imine (C=N–C) groups is 1. The molecule has 7 nitrogen and oxygen atoms in total. The second-order valence-electron chi connectivity index (χ2n) is 7.17. The van der Waals surface area contributed by atoms with Gasteiger partial charge in [-0.3, -0.25) is 9.67 Å². The number of guanidine groups is 1. The Bertz CT molecular complexity index is 968. The van der Waals surface area contributed by atoms with Gasteiger partial charge in [0.2, 0.25) is 0 Å². The van der Waals surface area contributed by atoms with Gasteiger partial charge >= 0.3 is 0 Å². The summed E-state index contributed by atoms with van der Waals surface area (Å²) < 4.78 is 1.87. The van der Waals surface area contributed by atoms with E-state index in [-0.39, 0.29) is 24.0 Å². The van der Waals surface area contributed by atoms with E-state index in [2.05, 4.69) is 48.9 Å². The molecule has 2 N–H and O–H groups in total. The molecule has 3 aromatic rings. The van der Waals surface area contributed by atoms with Crippen molar-refractivity contribution in [3.63, 3.8) is 0 Å². The summed E-state index contributed by atoms with van der Waals surface area (Å²) in [4.78, 5) is 11.4. The second-order valence-corrected chi connectivity index (χ2v) is 7.17. The fraction of sp³-hybridized carbons (Fsp3) is 0.381. The van der Waals surface area contributed by atoms with Crippen LogP contribution in [-0.4, -0.2) is 58.9 Å². The van der Waals surface area contributed by atoms with E-state index in [1.54, 1.807) is 0 Å². The molecule has 0 spiro atoms. The lowest BCUT2D eigenvalue weighted by Crippen LogP contribution is -2.41. The van der Waals surface area contributed by atoms with E-state index in [1.807, 2.05) is 49.2 Å². The number of benzene rings is 1. The van der Waals surface area contributed by atoms with Crippen molar-refractivity contribution >= 4 is 46.7 Å². The number of anilines is 1. The molecule has 154 valence electrons. The maximum Gasteiger partial charge on any atom is 0.193 e. The Labute approximate surface area is 188 Å². The molecule has 29 heavy (non-hydrogen) atoms. The number of nitrogens with one attached hydrogen (secondary N) is 2. The average Bonchev–Trinajstić information content (AvgIpc) is 3.37. The summed E-state index contributed by atoms with van der Waals surface area (Å²) in [7, 11) is 3.81. The second kappa shape index (κ2) is 9.91. The molecule has 1 atom stereocenters. The lowest BCUT2D eigenvalue weighted by molar-refractivity contribution is 0.487. The average molecular weight is 505 g/mol. The third kappa shape index (κ3) is 5.17. The summed E-state index contributed by atoms with van der Waals surface area (Å²) in [5.41, 5.74) is 2.32. The van der Waals surface area contributed by atoms with Crippen molar-refractivity contribution < 1.29 is 0 Å². The number of rotatable bonds is 5. The number of halogens is 1. The van der Waals surface area contributed by atoms with Crippen molar-refractivity contribution in [2.75, 3.05) is 38.5 Å². The molecule has 1 aromatic carbocycles. The molecule has 1 unspecified atom stereocenters. The number of para-hydroxylation sites is 1. The van der Waals surface area contributed by atoms with Crippen LogP contribution >= 0.6 is 24.0 Å². The SMILES string of the molecule is CN=C(NCCNc1ccc2ccccc2n1)N1CCC(c2cnn(C)c2)C1.I. The van der Waals surface area contributed by atoms with Crippen LogP contribution in [0.3, 0.4) is 0 Å². The number of nitrogens with zero attached hydrogens (tertiary/aromatic N) is 5. The summed E-state index contributed by atoms with van der Waals surface area (Å²) in [6.07, 6.45) is 5.22. The van der Waals surface area contributed by atoms with Gasteiger partial charge in [-0.25, -0.2) is 4.98 Å². The number of aryl methyl sites for hydroxylation is 1. The summed E-state index contributed by atoms with van der Waals surface area (Å²) in [5, 5.41) is 12.3. The zero-order chi connectivity index (χ0) is 19.3. The highest BCUT2D eigenvalue weighted by Gasteiger charge is 2.26. The summed E-state index contributed by atoms with van der Waals surface area (Å²) >= 11 is 0. The molecular formula is C21H28IN7. The fourth-order valence-electron chi connectivity index (χ4n) is 3.74. The van der Waals surface area contributed by atoms with Crippen molar-refractivity contribution in [1.82, 2.24) is 25.0 Å². The van der Waals surface area contributed by atoms with Gasteiger partial charge in [-0.05, 0) is 30.2 Å². The van der Waals surface area contributed by atoms with E-state index in [4.69, 9.17) is 0 Å². The Balaban J connectivity index is 0.00000240. The van der Waals surface area contributed by atoms with Crippen LogP contribution in [0.5, 0.6) is 0 Å². The highest BCUT2D eigenvalue weighted by atomic mass is 127. The lowest BCUT2D eigenvalue weighted by Gasteiger charge is -2.21. The van der Waals surface area contributed by atoms with Crippen molar-refractivity contribution in [3.8, 4) is 0 Å². The third-order valence-electron chi connectivity index (χ3n) is 5.21. The molecule has 8 heteroatoms. The largest absolute Gasteiger partial charge is 0.368 e. The minimum absolute atomic E-state index is 0. The standard InChI is InChI=1S/C21H27N7.HI/c1-22-21(28-12-9-17(15-28)18-13-25-27(2)14-18)24-11-10-23-20-8-7-16-5-3-4-6-19(16)26-20;/h3-8,13-14,17H,9-12,15H2,1-2H3,(H,22,24)(H,23,26);1H. The number of aromatic nitrogens is 3. The van der Waals surface area contributed by atoms with Gasteiger partial charge in [-0.2, -0.15) is 5.10 Å². The summed E-state index contributed by atoms with van der Waals surface area (Å²) in [5.74, 6) is 2.38. The first-order chi connectivity index (χ1) is 13.7. The zero-order valence-electron chi connectivity index (χ0n) is 16.9. The van der Waals surface area contributed by atoms with Crippen LogP contribution in [0.1, 0.15) is 17.9 Å². The van der Waals surface area contributed by atoms with Crippen molar-refractivity contribution in [2.45, 2.75) is 12.3 Å². The van der Waals surface area contributed by atoms with Crippen LogP contribution in [0.2, 0.25) is 0 Å². The van der Waals surface area contributed by atoms with Crippen LogP contribution in [0.15, 0.2) is 53.8 Å². The minimum atomic E-state index is 0. The molecule has 1 aliphatic heterocycles. The van der Waals surface area contributed by atoms with Gasteiger partial charge < -0.3 is 15.5 Å². The monoisotopic (exact) mass is 505 g/mol. The van der Waals surface area contributed by atoms with E-state index in [9.17, 15) is 0 Å². The molecule has 1 saturated heterocycles. The van der Waals surface area contributed by atoms with Crippen molar-refractivity contribution in [1.29, 1.82) is 0 Å². The predicted molar refractivity (Wildman–Crippen MR) is 129 cm³/mol. The maximum atomic E-state index is 4.65. The fourth-order valence-corrected chi connectivity index (χ4v) is 3.74. The normalized spacial score (nSPS) is 16.7. The molecule has 0 aliphatic carbocycles. The Morgan fingerprint density at radius 3 is 2.86 bits per heavy atom. The molecule has 2 aromatic heterocycles. The highest BCUT2D eigenvalue weighted by Crippen LogP contribution is 2.26. The molecule has 4 rings (SSSR count). The molecule has 3 heterocycles. The number of hydrogen-bond donors (Lipinski definition) is 2. The minimum Gasteiger partial charge on any atom is -0.368 e. The number of likely N-dealkylation sites (tertiary alicyclic amines) is 1. The van der Waals surface area contributed by atoms with Crippen LogP contribution in [-0.2, 0) is 7.05 Å². The van der Waals surface area contributed by atoms with Gasteiger partial charge in [0.1, 0.15) is 5.82 Å². The van der Waals surface area contributed by atoms with Crippen molar-refractivity contribution in [2.24, 2.45) is 12.0 Å². The molecule has 0 bridgehead atoms. The number of fused-ring (bicyclic) bond motifs is 1. The number of hydrogen-bond acceptors (Lipinski definition) is 4. The van der Waals surface area contributed by atoms with Crippen LogP contribution < -0.4 is 10.6 Å². The smallest absolute Gasteiger partial charge is 0.193 e. The topological polar surface area (TPSA) is 70.4 Å². The van der Waals surface area contributed by atoms with Gasteiger partial charge in [0.25, 0.3) is 0 Å². The Morgan fingerprint density at radius 2 is 2.07 bits per heavy atom. The van der Waals surface area contributed by atoms with E-state index in [0.29, 0.717) is 5.92 Å². The molecule has 0 saturated carbocycles. The van der Waals surface area contributed by atoms with E-state index < -0.39 is 0 Å². The summed E-state index contributed by atoms with van der Waals surface area (Å²) in [6.45, 7) is 3.56. The van der Waals surface area contributed by atoms with Gasteiger partial charge in [-0.15, -0.1) is 24.0 Å². The number of pyridine rings is 1. The predicted octanol–water partition coefficient (Wildman–Crippen LogP) is 3.06. The maximum absolute atomic E-state index is 4.65. The van der Waals surface area contributed by atoms with Gasteiger partial charge in [0.05, 0.1) is 11.7 Å². The lowest BCUT2D eigenvalue weighted by atomic mass is 10.0. The first-order valence-corrected chi connectivity index (χ1v) is 9.77. The van der Waals surface area contributed by atoms with Crippen LogP contribution in [0.4, 0.5) is 5.82 Å². The van der Waals surface area contributed by atoms with E-state index in [0.717, 1.165) is 55.3 Å². The quantitative estimate of drug-likeness (QED) is 0.242. The first-order valence-electron chi connectivity index (χ1n) is 9.77. The Kier molecular flexibility index (Phi) is 7.29. The Hall–Kier alpha value is -2.36. The zero-order valence-corrected chi connectivity index (χ0v) is 19.2. The summed E-state index contributed by atoms with van der Waals surface area (Å²) in [6, 6.07) is 12.3. The van der Waals surface area contributed by atoms with E-state index in [1.165, 1.54) is 5.56 Å². The molecule has 1 aliphatic rings. The van der Waals surface area contributed by atoms with Crippen molar-refractivity contribution in [3.05, 3.63) is 54.4 Å². The first kappa shape index (κ1) is 21.4. The molecule has 1 fully saturated rings. The van der Waals surface area contributed by atoms with Gasteiger partial charge in [-0.1, -0.05) is 18.2 Å². The molecule has 0 amide bonds. The highest BCUT2D eigenvalue weighted by molar-refractivity contribution is 14.0. The van der Waals surface area contributed by atoms with Gasteiger partial charge in [0, 0.05) is 57.8 Å². The van der Waals surface area contributed by atoms with Crippen LogP contribution in [0, 0.1) is 0 Å². The van der Waals surface area contributed by atoms with Crippen LogP contribution in [0.25, 0.3) is 10.9 Å². The van der Waals surface area contributed by atoms with Gasteiger partial charge in [0.15, 0.2) is 5.96 Å². The molecule has 0 radical (unpaired) electrons. The van der Waals surface area contributed by atoms with E-state index >= 15 is 0 Å². The Morgan fingerprint density at radius 1 is 1.21 bits per heavy atom. The third-order valence-corrected chi connectivity index (χ3v) is 5.21. The molecular weight excluding hydrogens is 477 g/mol.